The number of aryl methyl sites for hydroxylation is 1. The number of amides is 1. The van der Waals surface area contributed by atoms with Crippen LogP contribution in [0.15, 0.2) is 35.1 Å². The number of carbonyl (C=O) groups excluding carboxylic acids is 2. The summed E-state index contributed by atoms with van der Waals surface area (Å²) in [7, 11) is 1.31. The largest absolute Gasteiger partial charge is 0.465 e. The summed E-state index contributed by atoms with van der Waals surface area (Å²) in [6, 6.07) is 6.38. The molecule has 2 aromatic rings. The summed E-state index contributed by atoms with van der Waals surface area (Å²) >= 11 is 0. The van der Waals surface area contributed by atoms with E-state index in [2.05, 4.69) is 15.2 Å². The molecular weight excluding hydrogens is 248 g/mol. The summed E-state index contributed by atoms with van der Waals surface area (Å²) in [5.74, 6) is -0.739. The van der Waals surface area contributed by atoms with Gasteiger partial charge in [-0.3, -0.25) is 4.79 Å². The first-order chi connectivity index (χ1) is 9.11. The fourth-order valence-corrected chi connectivity index (χ4v) is 1.52. The molecule has 0 atom stereocenters. The van der Waals surface area contributed by atoms with Gasteiger partial charge in [0.2, 0.25) is 0 Å². The predicted octanol–water partition coefficient (Wildman–Crippen LogP) is 2.02. The molecule has 98 valence electrons. The van der Waals surface area contributed by atoms with Crippen LogP contribution in [-0.2, 0) is 4.74 Å². The Hall–Kier alpha value is -2.63. The lowest BCUT2D eigenvalue weighted by Gasteiger charge is -2.04. The van der Waals surface area contributed by atoms with Gasteiger partial charge in [-0.2, -0.15) is 0 Å². The number of methoxy groups -OCH3 is 1. The number of ether oxygens (including phenoxy) is 1. The molecule has 2 rings (SSSR count). The Morgan fingerprint density at radius 3 is 2.47 bits per heavy atom. The minimum absolute atomic E-state index is 0.315. The quantitative estimate of drug-likeness (QED) is 0.854. The number of aromatic nitrogens is 1. The zero-order valence-electron chi connectivity index (χ0n) is 10.5. The second-order valence-electron chi connectivity index (χ2n) is 3.84. The van der Waals surface area contributed by atoms with E-state index in [4.69, 9.17) is 4.52 Å². The van der Waals surface area contributed by atoms with Crippen LogP contribution in [0.3, 0.4) is 0 Å². The molecule has 0 unspecified atom stereocenters. The Labute approximate surface area is 109 Å². The van der Waals surface area contributed by atoms with Crippen LogP contribution in [0.4, 0.5) is 5.69 Å². The molecule has 0 fully saturated rings. The van der Waals surface area contributed by atoms with Crippen LogP contribution in [0.25, 0.3) is 0 Å². The van der Waals surface area contributed by atoms with E-state index < -0.39 is 5.97 Å². The van der Waals surface area contributed by atoms with Crippen LogP contribution >= 0.6 is 0 Å². The highest BCUT2D eigenvalue weighted by molar-refractivity contribution is 6.04. The van der Waals surface area contributed by atoms with Crippen molar-refractivity contribution in [2.75, 3.05) is 12.4 Å². The Balaban J connectivity index is 2.10. The SMILES string of the molecule is COC(=O)c1ccc(NC(=O)c2conc2C)cc1. The van der Waals surface area contributed by atoms with Crippen molar-refractivity contribution in [2.24, 2.45) is 0 Å². The van der Waals surface area contributed by atoms with E-state index in [-0.39, 0.29) is 5.91 Å². The van der Waals surface area contributed by atoms with Crippen molar-refractivity contribution in [3.05, 3.63) is 47.3 Å². The zero-order chi connectivity index (χ0) is 13.8. The molecule has 0 radical (unpaired) electrons. The number of carbonyl (C=O) groups is 2. The maximum absolute atomic E-state index is 11.9. The van der Waals surface area contributed by atoms with Crippen LogP contribution < -0.4 is 5.32 Å². The molecule has 0 saturated heterocycles. The molecule has 0 aliphatic heterocycles. The third kappa shape index (κ3) is 2.79. The lowest BCUT2D eigenvalue weighted by atomic mass is 10.2. The maximum atomic E-state index is 11.9. The summed E-state index contributed by atoms with van der Waals surface area (Å²) in [5.41, 5.74) is 1.88. The van der Waals surface area contributed by atoms with E-state index >= 15 is 0 Å². The Morgan fingerprint density at radius 1 is 1.26 bits per heavy atom. The number of nitrogens with one attached hydrogen (secondary N) is 1. The molecule has 1 aromatic carbocycles. The third-order valence-corrected chi connectivity index (χ3v) is 2.56. The van der Waals surface area contributed by atoms with Gasteiger partial charge < -0.3 is 14.6 Å². The molecule has 0 saturated carbocycles. The van der Waals surface area contributed by atoms with Crippen molar-refractivity contribution in [1.29, 1.82) is 0 Å². The molecule has 6 nitrogen and oxygen atoms in total. The molecule has 1 aromatic heterocycles. The van der Waals surface area contributed by atoms with Gasteiger partial charge in [-0.15, -0.1) is 0 Å². The summed E-state index contributed by atoms with van der Waals surface area (Å²) < 4.78 is 9.28. The van der Waals surface area contributed by atoms with Crippen molar-refractivity contribution in [2.45, 2.75) is 6.92 Å². The molecule has 0 bridgehead atoms. The fraction of sp³-hybridized carbons (Fsp3) is 0.154. The third-order valence-electron chi connectivity index (χ3n) is 2.56. The Morgan fingerprint density at radius 2 is 1.95 bits per heavy atom. The van der Waals surface area contributed by atoms with Crippen molar-refractivity contribution in [1.82, 2.24) is 5.16 Å². The molecule has 19 heavy (non-hydrogen) atoms. The Bertz CT molecular complexity index is 601. The smallest absolute Gasteiger partial charge is 0.337 e. The van der Waals surface area contributed by atoms with Gasteiger partial charge >= 0.3 is 5.97 Å². The van der Waals surface area contributed by atoms with Crippen LogP contribution in [0.1, 0.15) is 26.4 Å². The Kier molecular flexibility index (Phi) is 3.61. The second kappa shape index (κ2) is 5.34. The average Bonchev–Trinajstić information content (AvgIpc) is 2.85. The highest BCUT2D eigenvalue weighted by Crippen LogP contribution is 2.13. The van der Waals surface area contributed by atoms with E-state index in [1.807, 2.05) is 0 Å². The van der Waals surface area contributed by atoms with Gasteiger partial charge in [0.15, 0.2) is 0 Å². The minimum atomic E-state index is -0.423. The number of nitrogens with zero attached hydrogens (tertiary/aromatic N) is 1. The number of rotatable bonds is 3. The summed E-state index contributed by atoms with van der Waals surface area (Å²) in [4.78, 5) is 23.1. The molecule has 1 amide bonds. The van der Waals surface area contributed by atoms with Gasteiger partial charge in [0.25, 0.3) is 5.91 Å². The number of hydrogen-bond donors (Lipinski definition) is 1. The van der Waals surface area contributed by atoms with Gasteiger partial charge in [-0.05, 0) is 31.2 Å². The fourth-order valence-electron chi connectivity index (χ4n) is 1.52. The van der Waals surface area contributed by atoms with Crippen molar-refractivity contribution in [3.8, 4) is 0 Å². The van der Waals surface area contributed by atoms with E-state index in [9.17, 15) is 9.59 Å². The molecule has 0 aliphatic rings. The minimum Gasteiger partial charge on any atom is -0.465 e. The van der Waals surface area contributed by atoms with E-state index in [0.29, 0.717) is 22.5 Å². The van der Waals surface area contributed by atoms with E-state index in [0.717, 1.165) is 0 Å². The number of anilines is 1. The standard InChI is InChI=1S/C13H12N2O4/c1-8-11(7-19-15-8)12(16)14-10-5-3-9(4-6-10)13(17)18-2/h3-7H,1-2H3,(H,14,16). The molecule has 1 heterocycles. The molecule has 1 N–H and O–H groups in total. The first kappa shape index (κ1) is 12.8. The molecule has 0 spiro atoms. The highest BCUT2D eigenvalue weighted by Gasteiger charge is 2.13. The van der Waals surface area contributed by atoms with Gasteiger partial charge in [0.05, 0.1) is 18.4 Å². The lowest BCUT2D eigenvalue weighted by Crippen LogP contribution is -2.12. The van der Waals surface area contributed by atoms with Crippen LogP contribution in [0.2, 0.25) is 0 Å². The molecule has 0 aliphatic carbocycles. The zero-order valence-corrected chi connectivity index (χ0v) is 10.5. The second-order valence-corrected chi connectivity index (χ2v) is 3.84. The maximum Gasteiger partial charge on any atom is 0.337 e. The van der Waals surface area contributed by atoms with Gasteiger partial charge in [0.1, 0.15) is 11.8 Å². The van der Waals surface area contributed by atoms with Gasteiger partial charge in [-0.25, -0.2) is 4.79 Å². The monoisotopic (exact) mass is 260 g/mol. The van der Waals surface area contributed by atoms with Crippen LogP contribution in [-0.4, -0.2) is 24.1 Å². The normalized spacial score (nSPS) is 10.0. The predicted molar refractivity (Wildman–Crippen MR) is 67.0 cm³/mol. The lowest BCUT2D eigenvalue weighted by molar-refractivity contribution is 0.0600. The average molecular weight is 260 g/mol. The first-order valence-electron chi connectivity index (χ1n) is 5.52. The number of benzene rings is 1. The van der Waals surface area contributed by atoms with Crippen LogP contribution in [0.5, 0.6) is 0 Å². The van der Waals surface area contributed by atoms with Crippen LogP contribution in [0, 0.1) is 6.92 Å². The number of hydrogen-bond acceptors (Lipinski definition) is 5. The summed E-state index contributed by atoms with van der Waals surface area (Å²) in [5, 5.41) is 6.31. The van der Waals surface area contributed by atoms with Crippen molar-refractivity contribution in [3.63, 3.8) is 0 Å². The number of esters is 1. The van der Waals surface area contributed by atoms with Crippen molar-refractivity contribution >= 4 is 17.6 Å². The molecule has 6 heteroatoms. The van der Waals surface area contributed by atoms with E-state index in [1.165, 1.54) is 13.4 Å². The van der Waals surface area contributed by atoms with Crippen molar-refractivity contribution < 1.29 is 18.8 Å². The summed E-state index contributed by atoms with van der Waals surface area (Å²) in [6.07, 6.45) is 1.29. The topological polar surface area (TPSA) is 81.4 Å². The summed E-state index contributed by atoms with van der Waals surface area (Å²) in [6.45, 7) is 1.68. The molecular formula is C13H12N2O4. The van der Waals surface area contributed by atoms with Gasteiger partial charge in [0, 0.05) is 5.69 Å². The first-order valence-corrected chi connectivity index (χ1v) is 5.52. The van der Waals surface area contributed by atoms with E-state index in [1.54, 1.807) is 31.2 Å². The highest BCUT2D eigenvalue weighted by atomic mass is 16.5. The van der Waals surface area contributed by atoms with Gasteiger partial charge in [-0.1, -0.05) is 5.16 Å².